The molecule has 0 aliphatic heterocycles. The second-order valence-electron chi connectivity index (χ2n) is 3.28. The van der Waals surface area contributed by atoms with Gasteiger partial charge in [0.25, 0.3) is 11.7 Å². The van der Waals surface area contributed by atoms with Crippen LogP contribution in [0.4, 0.5) is 0 Å². The summed E-state index contributed by atoms with van der Waals surface area (Å²) in [4.78, 5) is 23.3. The fourth-order valence-corrected chi connectivity index (χ4v) is 1.30. The summed E-state index contributed by atoms with van der Waals surface area (Å²) in [6.07, 6.45) is 0. The van der Waals surface area contributed by atoms with E-state index in [4.69, 9.17) is 9.47 Å². The predicted octanol–water partition coefficient (Wildman–Crippen LogP) is 0.640. The second-order valence-corrected chi connectivity index (χ2v) is 3.28. The largest absolute Gasteiger partial charge is 0.496 e. The molecule has 5 heteroatoms. The van der Waals surface area contributed by atoms with Gasteiger partial charge in [0.15, 0.2) is 0 Å². The van der Waals surface area contributed by atoms with Crippen LogP contribution in [-0.4, -0.2) is 39.1 Å². The lowest BCUT2D eigenvalue weighted by atomic mass is 10.1. The number of nitrogens with one attached hydrogen (secondary N) is 1. The summed E-state index contributed by atoms with van der Waals surface area (Å²) < 4.78 is 9.79. The third-order valence-electron chi connectivity index (χ3n) is 2.15. The number of benzene rings is 1. The van der Waals surface area contributed by atoms with Crippen LogP contribution in [0.3, 0.4) is 0 Å². The first-order valence-electron chi connectivity index (χ1n) is 5.15. The molecule has 1 N–H and O–H groups in total. The molecule has 0 spiro atoms. The summed E-state index contributed by atoms with van der Waals surface area (Å²) in [5, 5.41) is 2.46. The van der Waals surface area contributed by atoms with Gasteiger partial charge in [-0.15, -0.1) is 0 Å². The predicted molar refractivity (Wildman–Crippen MR) is 62.2 cm³/mol. The van der Waals surface area contributed by atoms with Crippen LogP contribution in [0.5, 0.6) is 5.75 Å². The van der Waals surface area contributed by atoms with Crippen molar-refractivity contribution in [3.05, 3.63) is 29.8 Å². The summed E-state index contributed by atoms with van der Waals surface area (Å²) in [6, 6.07) is 6.60. The van der Waals surface area contributed by atoms with Gasteiger partial charge in [0.2, 0.25) is 0 Å². The van der Waals surface area contributed by atoms with Gasteiger partial charge in [-0.1, -0.05) is 12.1 Å². The van der Waals surface area contributed by atoms with E-state index in [0.717, 1.165) is 0 Å². The molecule has 0 heterocycles. The molecule has 0 aromatic heterocycles. The third kappa shape index (κ3) is 3.57. The zero-order valence-electron chi connectivity index (χ0n) is 9.86. The number of para-hydroxylation sites is 1. The first-order chi connectivity index (χ1) is 8.20. The summed E-state index contributed by atoms with van der Waals surface area (Å²) in [5.41, 5.74) is 0.255. The molecule has 5 nitrogen and oxygen atoms in total. The molecule has 0 aliphatic rings. The fraction of sp³-hybridized carbons (Fsp3) is 0.333. The number of Topliss-reactive ketones (excluding diaryl/α,β-unsaturated/α-hetero) is 1. The lowest BCUT2D eigenvalue weighted by Gasteiger charge is -2.07. The highest BCUT2D eigenvalue weighted by Crippen LogP contribution is 2.17. The zero-order chi connectivity index (χ0) is 12.7. The average Bonchev–Trinajstić information content (AvgIpc) is 2.38. The van der Waals surface area contributed by atoms with Crippen molar-refractivity contribution in [1.29, 1.82) is 0 Å². The van der Waals surface area contributed by atoms with Crippen LogP contribution < -0.4 is 10.1 Å². The van der Waals surface area contributed by atoms with Crippen molar-refractivity contribution < 1.29 is 19.1 Å². The Bertz CT molecular complexity index is 403. The molecule has 0 unspecified atom stereocenters. The number of ketones is 1. The van der Waals surface area contributed by atoms with E-state index in [1.807, 2.05) is 0 Å². The van der Waals surface area contributed by atoms with Crippen LogP contribution in [0.15, 0.2) is 24.3 Å². The highest BCUT2D eigenvalue weighted by molar-refractivity contribution is 6.43. The fourth-order valence-electron chi connectivity index (χ4n) is 1.30. The number of carbonyl (C=O) groups is 2. The number of ether oxygens (including phenoxy) is 2. The van der Waals surface area contributed by atoms with Gasteiger partial charge >= 0.3 is 0 Å². The maximum Gasteiger partial charge on any atom is 0.292 e. The molecule has 17 heavy (non-hydrogen) atoms. The number of rotatable bonds is 6. The number of hydrogen-bond donors (Lipinski definition) is 1. The number of methoxy groups -OCH3 is 2. The second kappa shape index (κ2) is 6.65. The van der Waals surface area contributed by atoms with Crippen LogP contribution in [0.25, 0.3) is 0 Å². The van der Waals surface area contributed by atoms with Crippen molar-refractivity contribution >= 4 is 11.7 Å². The van der Waals surface area contributed by atoms with Crippen LogP contribution in [0.2, 0.25) is 0 Å². The topological polar surface area (TPSA) is 64.6 Å². The summed E-state index contributed by atoms with van der Waals surface area (Å²) >= 11 is 0. The Hall–Kier alpha value is -1.88. The minimum atomic E-state index is -0.661. The molecule has 0 aliphatic carbocycles. The Morgan fingerprint density at radius 3 is 2.59 bits per heavy atom. The van der Waals surface area contributed by atoms with Crippen LogP contribution in [0.1, 0.15) is 10.4 Å². The van der Waals surface area contributed by atoms with Gasteiger partial charge in [-0.25, -0.2) is 0 Å². The average molecular weight is 237 g/mol. The van der Waals surface area contributed by atoms with Gasteiger partial charge in [0.1, 0.15) is 5.75 Å². The summed E-state index contributed by atoms with van der Waals surface area (Å²) in [6.45, 7) is 0.668. The SMILES string of the molecule is COCCNC(=O)C(=O)c1ccccc1OC. The molecule has 0 bridgehead atoms. The van der Waals surface area contributed by atoms with Crippen molar-refractivity contribution in [2.24, 2.45) is 0 Å². The summed E-state index contributed by atoms with van der Waals surface area (Å²) in [7, 11) is 2.98. The van der Waals surface area contributed by atoms with Crippen LogP contribution >= 0.6 is 0 Å². The number of amides is 1. The molecule has 0 radical (unpaired) electrons. The highest BCUT2D eigenvalue weighted by atomic mass is 16.5. The van der Waals surface area contributed by atoms with E-state index in [1.165, 1.54) is 14.2 Å². The van der Waals surface area contributed by atoms with E-state index in [0.29, 0.717) is 18.9 Å². The highest BCUT2D eigenvalue weighted by Gasteiger charge is 2.19. The van der Waals surface area contributed by atoms with Gasteiger partial charge in [-0.05, 0) is 12.1 Å². The van der Waals surface area contributed by atoms with Crippen molar-refractivity contribution in [3.63, 3.8) is 0 Å². The quantitative estimate of drug-likeness (QED) is 0.448. The molecular weight excluding hydrogens is 222 g/mol. The minimum absolute atomic E-state index is 0.255. The molecule has 0 saturated carbocycles. The third-order valence-corrected chi connectivity index (χ3v) is 2.15. The zero-order valence-corrected chi connectivity index (χ0v) is 9.86. The van der Waals surface area contributed by atoms with E-state index >= 15 is 0 Å². The molecule has 1 rings (SSSR count). The van der Waals surface area contributed by atoms with Crippen molar-refractivity contribution in [2.45, 2.75) is 0 Å². The van der Waals surface area contributed by atoms with Gasteiger partial charge in [0.05, 0.1) is 19.3 Å². The number of carbonyl (C=O) groups excluding carboxylic acids is 2. The molecule has 0 atom stereocenters. The monoisotopic (exact) mass is 237 g/mol. The van der Waals surface area contributed by atoms with E-state index in [2.05, 4.69) is 5.32 Å². The van der Waals surface area contributed by atoms with Crippen LogP contribution in [-0.2, 0) is 9.53 Å². The smallest absolute Gasteiger partial charge is 0.292 e. The molecular formula is C12H15NO4. The Labute approximate surface area is 99.7 Å². The molecule has 92 valence electrons. The van der Waals surface area contributed by atoms with E-state index < -0.39 is 11.7 Å². The normalized spacial score (nSPS) is 9.76. The van der Waals surface area contributed by atoms with E-state index in [-0.39, 0.29) is 5.56 Å². The molecule has 1 aromatic rings. The molecule has 1 amide bonds. The van der Waals surface area contributed by atoms with Gasteiger partial charge in [-0.3, -0.25) is 9.59 Å². The van der Waals surface area contributed by atoms with Crippen molar-refractivity contribution in [3.8, 4) is 5.75 Å². The minimum Gasteiger partial charge on any atom is -0.496 e. The molecule has 1 aromatic carbocycles. The first-order valence-corrected chi connectivity index (χ1v) is 5.15. The Morgan fingerprint density at radius 1 is 1.24 bits per heavy atom. The standard InChI is InChI=1S/C12H15NO4/c1-16-8-7-13-12(15)11(14)9-5-3-4-6-10(9)17-2/h3-6H,7-8H2,1-2H3,(H,13,15). The van der Waals surface area contributed by atoms with Gasteiger partial charge in [0, 0.05) is 13.7 Å². The Morgan fingerprint density at radius 2 is 1.94 bits per heavy atom. The maximum absolute atomic E-state index is 11.8. The lowest BCUT2D eigenvalue weighted by Crippen LogP contribution is -2.33. The Balaban J connectivity index is 2.71. The van der Waals surface area contributed by atoms with E-state index in [1.54, 1.807) is 24.3 Å². The van der Waals surface area contributed by atoms with Crippen LogP contribution in [0, 0.1) is 0 Å². The Kier molecular flexibility index (Phi) is 5.16. The van der Waals surface area contributed by atoms with Crippen molar-refractivity contribution in [2.75, 3.05) is 27.4 Å². The van der Waals surface area contributed by atoms with Gasteiger partial charge < -0.3 is 14.8 Å². The maximum atomic E-state index is 11.8. The molecule has 0 fully saturated rings. The van der Waals surface area contributed by atoms with Gasteiger partial charge in [-0.2, -0.15) is 0 Å². The lowest BCUT2D eigenvalue weighted by molar-refractivity contribution is -0.117. The first kappa shape index (κ1) is 13.2. The number of hydrogen-bond acceptors (Lipinski definition) is 4. The van der Waals surface area contributed by atoms with Crippen molar-refractivity contribution in [1.82, 2.24) is 5.32 Å². The van der Waals surface area contributed by atoms with E-state index in [9.17, 15) is 9.59 Å². The molecule has 0 saturated heterocycles. The summed E-state index contributed by atoms with van der Waals surface area (Å²) in [5.74, 6) is -0.885.